The van der Waals surface area contributed by atoms with E-state index in [4.69, 9.17) is 17.3 Å². The molecule has 0 aliphatic carbocycles. The molecule has 104 valence electrons. The third-order valence-electron chi connectivity index (χ3n) is 3.57. The summed E-state index contributed by atoms with van der Waals surface area (Å²) in [6.45, 7) is 1.97. The monoisotopic (exact) mass is 282 g/mol. The van der Waals surface area contributed by atoms with E-state index < -0.39 is 0 Å². The molecule has 1 unspecified atom stereocenters. The van der Waals surface area contributed by atoms with Crippen molar-refractivity contribution in [2.24, 2.45) is 0 Å². The van der Waals surface area contributed by atoms with Crippen molar-refractivity contribution in [3.63, 3.8) is 0 Å². The molecule has 5 nitrogen and oxygen atoms in total. The topological polar surface area (TPSA) is 62.5 Å². The molecule has 2 rings (SSSR count). The summed E-state index contributed by atoms with van der Waals surface area (Å²) < 4.78 is 0. The Morgan fingerprint density at radius 1 is 1.63 bits per heavy atom. The fourth-order valence-electron chi connectivity index (χ4n) is 2.43. The van der Waals surface area contributed by atoms with Crippen LogP contribution in [0.2, 0.25) is 5.02 Å². The molecule has 6 heteroatoms. The zero-order valence-electron chi connectivity index (χ0n) is 11.3. The maximum atomic E-state index is 12.5. The molecular weight excluding hydrogens is 264 g/mol. The SMILES string of the molecule is CN1CCCC(N(C)C(=O)c2cc(N)ncc2Cl)C1. The van der Waals surface area contributed by atoms with Crippen LogP contribution >= 0.6 is 11.6 Å². The first kappa shape index (κ1) is 14.1. The third-order valence-corrected chi connectivity index (χ3v) is 3.88. The third kappa shape index (κ3) is 3.16. The second-order valence-corrected chi connectivity index (χ2v) is 5.47. The molecule has 1 saturated heterocycles. The number of hydrogen-bond acceptors (Lipinski definition) is 4. The lowest BCUT2D eigenvalue weighted by Crippen LogP contribution is -2.47. The summed E-state index contributed by atoms with van der Waals surface area (Å²) in [6, 6.07) is 1.75. The van der Waals surface area contributed by atoms with E-state index in [0.717, 1.165) is 25.9 Å². The fourth-order valence-corrected chi connectivity index (χ4v) is 2.61. The highest BCUT2D eigenvalue weighted by Crippen LogP contribution is 2.21. The summed E-state index contributed by atoms with van der Waals surface area (Å²) in [5, 5.41) is 0.343. The van der Waals surface area contributed by atoms with Gasteiger partial charge in [-0.15, -0.1) is 0 Å². The van der Waals surface area contributed by atoms with Crippen LogP contribution in [-0.2, 0) is 0 Å². The van der Waals surface area contributed by atoms with Gasteiger partial charge in [0.05, 0.1) is 10.6 Å². The van der Waals surface area contributed by atoms with Crippen LogP contribution in [0.5, 0.6) is 0 Å². The van der Waals surface area contributed by atoms with Crippen LogP contribution in [0.3, 0.4) is 0 Å². The van der Waals surface area contributed by atoms with Crippen molar-refractivity contribution in [3.8, 4) is 0 Å². The van der Waals surface area contributed by atoms with Gasteiger partial charge in [0, 0.05) is 25.8 Å². The van der Waals surface area contributed by atoms with E-state index in [1.165, 1.54) is 12.3 Å². The van der Waals surface area contributed by atoms with E-state index >= 15 is 0 Å². The Balaban J connectivity index is 2.16. The van der Waals surface area contributed by atoms with Crippen LogP contribution in [0.15, 0.2) is 12.3 Å². The number of anilines is 1. The summed E-state index contributed by atoms with van der Waals surface area (Å²) in [7, 11) is 3.89. The maximum absolute atomic E-state index is 12.5. The van der Waals surface area contributed by atoms with Gasteiger partial charge in [-0.1, -0.05) is 11.6 Å². The van der Waals surface area contributed by atoms with Crippen molar-refractivity contribution < 1.29 is 4.79 Å². The summed E-state index contributed by atoms with van der Waals surface area (Å²) in [5.41, 5.74) is 6.04. The number of aromatic nitrogens is 1. The number of nitrogen functional groups attached to an aromatic ring is 1. The number of likely N-dealkylation sites (tertiary alicyclic amines) is 1. The molecule has 1 aromatic rings. The number of carbonyl (C=O) groups is 1. The van der Waals surface area contributed by atoms with Gasteiger partial charge in [-0.25, -0.2) is 4.98 Å². The van der Waals surface area contributed by atoms with Crippen LogP contribution in [-0.4, -0.2) is 53.9 Å². The Bertz CT molecular complexity index is 480. The lowest BCUT2D eigenvalue weighted by molar-refractivity contribution is 0.0644. The number of nitrogens with zero attached hydrogens (tertiary/aromatic N) is 3. The van der Waals surface area contributed by atoms with Crippen LogP contribution < -0.4 is 5.73 Å². The molecule has 0 aromatic carbocycles. The van der Waals surface area contributed by atoms with Crippen LogP contribution in [0, 0.1) is 0 Å². The summed E-state index contributed by atoms with van der Waals surface area (Å²) in [6.07, 6.45) is 3.54. The van der Waals surface area contributed by atoms with Gasteiger partial charge in [-0.2, -0.15) is 0 Å². The molecule has 1 amide bonds. The first-order chi connectivity index (χ1) is 8.99. The molecular formula is C13H19ClN4O. The molecule has 1 atom stereocenters. The van der Waals surface area contributed by atoms with Gasteiger partial charge in [0.1, 0.15) is 5.82 Å². The van der Waals surface area contributed by atoms with Crippen LogP contribution in [0.25, 0.3) is 0 Å². The number of amides is 1. The van der Waals surface area contributed by atoms with E-state index in [-0.39, 0.29) is 11.9 Å². The number of rotatable bonds is 2. The van der Waals surface area contributed by atoms with Gasteiger partial charge in [0.2, 0.25) is 0 Å². The minimum atomic E-state index is -0.0978. The molecule has 2 heterocycles. The van der Waals surface area contributed by atoms with Gasteiger partial charge in [-0.05, 0) is 32.5 Å². The summed E-state index contributed by atoms with van der Waals surface area (Å²) in [5.74, 6) is 0.210. The largest absolute Gasteiger partial charge is 0.384 e. The number of carbonyl (C=O) groups excluding carboxylic acids is 1. The number of hydrogen-bond donors (Lipinski definition) is 1. The second kappa shape index (κ2) is 5.75. The van der Waals surface area contributed by atoms with Crippen molar-refractivity contribution in [1.29, 1.82) is 0 Å². The summed E-state index contributed by atoms with van der Waals surface area (Å²) in [4.78, 5) is 20.3. The Morgan fingerprint density at radius 3 is 3.05 bits per heavy atom. The van der Waals surface area contributed by atoms with E-state index in [9.17, 15) is 4.79 Å². The number of pyridine rings is 1. The molecule has 1 aliphatic heterocycles. The van der Waals surface area contributed by atoms with Gasteiger partial charge in [0.25, 0.3) is 5.91 Å². The molecule has 0 bridgehead atoms. The number of nitrogens with two attached hydrogens (primary N) is 1. The minimum Gasteiger partial charge on any atom is -0.384 e. The minimum absolute atomic E-state index is 0.0978. The van der Waals surface area contributed by atoms with Crippen LogP contribution in [0.1, 0.15) is 23.2 Å². The predicted octanol–water partition coefficient (Wildman–Crippen LogP) is 1.48. The normalized spacial score (nSPS) is 20.3. The van der Waals surface area contributed by atoms with Crippen LogP contribution in [0.4, 0.5) is 5.82 Å². The Labute approximate surface area is 118 Å². The average Bonchev–Trinajstić information content (AvgIpc) is 2.40. The first-order valence-corrected chi connectivity index (χ1v) is 6.73. The van der Waals surface area contributed by atoms with Gasteiger partial charge in [-0.3, -0.25) is 4.79 Å². The Kier molecular flexibility index (Phi) is 4.27. The average molecular weight is 283 g/mol. The summed E-state index contributed by atoms with van der Waals surface area (Å²) >= 11 is 6.03. The molecule has 1 fully saturated rings. The first-order valence-electron chi connectivity index (χ1n) is 6.35. The molecule has 1 aliphatic rings. The number of halogens is 1. The van der Waals surface area contributed by atoms with Crippen molar-refractivity contribution in [3.05, 3.63) is 22.8 Å². The Hall–Kier alpha value is -1.33. The lowest BCUT2D eigenvalue weighted by atomic mass is 10.0. The molecule has 1 aromatic heterocycles. The number of likely N-dealkylation sites (N-methyl/N-ethyl adjacent to an activating group) is 2. The molecule has 0 saturated carbocycles. The van der Waals surface area contributed by atoms with E-state index in [2.05, 4.69) is 16.9 Å². The van der Waals surface area contributed by atoms with Crippen molar-refractivity contribution >= 4 is 23.3 Å². The molecule has 0 spiro atoms. The van der Waals surface area contributed by atoms with Gasteiger partial charge < -0.3 is 15.5 Å². The van der Waals surface area contributed by atoms with Crippen molar-refractivity contribution in [2.75, 3.05) is 32.9 Å². The molecule has 19 heavy (non-hydrogen) atoms. The highest BCUT2D eigenvalue weighted by Gasteiger charge is 2.26. The van der Waals surface area contributed by atoms with Gasteiger partial charge in [0.15, 0.2) is 0 Å². The van der Waals surface area contributed by atoms with Crippen molar-refractivity contribution in [1.82, 2.24) is 14.8 Å². The van der Waals surface area contributed by atoms with E-state index in [0.29, 0.717) is 16.4 Å². The fraction of sp³-hybridized carbons (Fsp3) is 0.538. The molecule has 2 N–H and O–H groups in total. The zero-order valence-corrected chi connectivity index (χ0v) is 12.0. The van der Waals surface area contributed by atoms with Gasteiger partial charge >= 0.3 is 0 Å². The highest BCUT2D eigenvalue weighted by molar-refractivity contribution is 6.33. The highest BCUT2D eigenvalue weighted by atomic mass is 35.5. The Morgan fingerprint density at radius 2 is 2.37 bits per heavy atom. The molecule has 0 radical (unpaired) electrons. The quantitative estimate of drug-likeness (QED) is 0.893. The predicted molar refractivity (Wildman–Crippen MR) is 76.3 cm³/mol. The smallest absolute Gasteiger partial charge is 0.255 e. The lowest BCUT2D eigenvalue weighted by Gasteiger charge is -2.36. The van der Waals surface area contributed by atoms with Crippen molar-refractivity contribution in [2.45, 2.75) is 18.9 Å². The van der Waals surface area contributed by atoms with E-state index in [1.807, 2.05) is 7.05 Å². The zero-order chi connectivity index (χ0) is 14.0. The van der Waals surface area contributed by atoms with E-state index in [1.54, 1.807) is 4.90 Å². The second-order valence-electron chi connectivity index (χ2n) is 5.06. The maximum Gasteiger partial charge on any atom is 0.255 e. The standard InChI is InChI=1S/C13H19ClN4O/c1-17-5-3-4-9(8-17)18(2)13(19)10-6-12(15)16-7-11(10)14/h6-7,9H,3-5,8H2,1-2H3,(H2,15,16). The number of piperidine rings is 1.